The van der Waals surface area contributed by atoms with Crippen LogP contribution in [-0.2, 0) is 3.76 Å². The maximum atomic E-state index is 6.17. The monoisotopic (exact) mass is 208 g/mol. The Bertz CT molecular complexity index is 116. The van der Waals surface area contributed by atoms with E-state index in [0.29, 0.717) is 0 Å². The van der Waals surface area contributed by atoms with Gasteiger partial charge >= 0.3 is 62.6 Å². The molecule has 0 radical (unpaired) electrons. The first kappa shape index (κ1) is 7.64. The van der Waals surface area contributed by atoms with E-state index >= 15 is 0 Å². The van der Waals surface area contributed by atoms with E-state index in [1.54, 1.807) is 0 Å². The molecule has 1 rings (SSSR count). The van der Waals surface area contributed by atoms with E-state index in [-0.39, 0.29) is 0 Å². The molecule has 1 aliphatic heterocycles. The molecule has 0 saturated carbocycles. The molecule has 0 saturated heterocycles. The summed E-state index contributed by atoms with van der Waals surface area (Å²) in [5, 5.41) is 2.07. The Hall–Kier alpha value is 0.533. The summed E-state index contributed by atoms with van der Waals surface area (Å²) in [7, 11) is 6.17. The van der Waals surface area contributed by atoms with Crippen molar-refractivity contribution in [2.24, 2.45) is 0 Å². The predicted octanol–water partition coefficient (Wildman–Crippen LogP) is 2.27. The summed E-state index contributed by atoms with van der Waals surface area (Å²) in [5.74, 6) is 0. The fourth-order valence-corrected chi connectivity index (χ4v) is 6.58. The topological polar surface area (TPSA) is 9.23 Å². The quantitative estimate of drug-likeness (QED) is 0.498. The fraction of sp³-hybridized carbons (Fsp3) is 0.667. The van der Waals surface area contributed by atoms with Gasteiger partial charge in [0.15, 0.2) is 0 Å². The number of allylic oxidation sites excluding steroid dienone is 2. The van der Waals surface area contributed by atoms with Crippen molar-refractivity contribution < 1.29 is 3.76 Å². The molecule has 0 aromatic carbocycles. The summed E-state index contributed by atoms with van der Waals surface area (Å²) < 4.78 is 5.48. The van der Waals surface area contributed by atoms with Crippen LogP contribution in [0.1, 0.15) is 6.92 Å². The molecule has 1 aliphatic rings. The van der Waals surface area contributed by atoms with E-state index in [1.165, 1.54) is 0 Å². The van der Waals surface area contributed by atoms with Crippen LogP contribution in [0.25, 0.3) is 0 Å². The minimum atomic E-state index is -2.19. The van der Waals surface area contributed by atoms with E-state index in [1.807, 2.05) is 6.92 Å². The first-order valence-electron chi connectivity index (χ1n) is 3.25. The van der Waals surface area contributed by atoms with E-state index in [9.17, 15) is 0 Å². The van der Waals surface area contributed by atoms with Crippen molar-refractivity contribution in [3.63, 3.8) is 0 Å². The normalized spacial score (nSPS) is 22.9. The van der Waals surface area contributed by atoms with Crippen LogP contribution in [0.5, 0.6) is 0 Å². The van der Waals surface area contributed by atoms with Crippen molar-refractivity contribution in [3.8, 4) is 0 Å². The summed E-state index contributed by atoms with van der Waals surface area (Å²) in [4.78, 5) is 0. The second-order valence-electron chi connectivity index (χ2n) is 2.20. The zero-order chi connectivity index (χ0) is 6.74. The summed E-state index contributed by atoms with van der Waals surface area (Å²) in [6.07, 6.45) is 4.28. The van der Waals surface area contributed by atoms with Gasteiger partial charge in [0.25, 0.3) is 0 Å². The summed E-state index contributed by atoms with van der Waals surface area (Å²) in [6.45, 7) is 2.79. The fourth-order valence-electron chi connectivity index (χ4n) is 0.979. The summed E-state index contributed by atoms with van der Waals surface area (Å²) in [5.41, 5.74) is 0. The van der Waals surface area contributed by atoms with Crippen LogP contribution in [0.3, 0.4) is 0 Å². The van der Waals surface area contributed by atoms with E-state index in [0.717, 1.165) is 17.1 Å². The summed E-state index contributed by atoms with van der Waals surface area (Å²) in [6, 6.07) is 0. The first-order valence-corrected chi connectivity index (χ1v) is 9.83. The predicted molar refractivity (Wildman–Crippen MR) is 42.0 cm³/mol. The Morgan fingerprint density at radius 2 is 2.11 bits per heavy atom. The number of rotatable bonds is 2. The Kier molecular flexibility index (Phi) is 2.62. The van der Waals surface area contributed by atoms with Crippen LogP contribution < -0.4 is 0 Å². The van der Waals surface area contributed by atoms with Crippen LogP contribution in [0.15, 0.2) is 12.2 Å². The molecule has 0 bridgehead atoms. The molecule has 1 heterocycles. The van der Waals surface area contributed by atoms with Crippen LogP contribution in [-0.4, -0.2) is 19.3 Å². The third kappa shape index (κ3) is 1.99. The van der Waals surface area contributed by atoms with Crippen molar-refractivity contribution in [2.75, 3.05) is 6.61 Å². The Balaban J connectivity index is 2.36. The molecule has 0 atom stereocenters. The molecule has 0 unspecified atom stereocenters. The van der Waals surface area contributed by atoms with Crippen molar-refractivity contribution in [3.05, 3.63) is 12.2 Å². The molecular weight excluding hydrogens is 196 g/mol. The van der Waals surface area contributed by atoms with Crippen LogP contribution in [0.4, 0.5) is 0 Å². The van der Waals surface area contributed by atoms with Crippen molar-refractivity contribution >= 4 is 22.7 Å². The maximum absolute atomic E-state index is 6.17. The molecule has 1 nitrogen and oxygen atoms in total. The first-order chi connectivity index (χ1) is 4.27. The van der Waals surface area contributed by atoms with Gasteiger partial charge in [-0.1, -0.05) is 0 Å². The molecule has 0 spiro atoms. The van der Waals surface area contributed by atoms with E-state index in [4.69, 9.17) is 13.8 Å². The van der Waals surface area contributed by atoms with Gasteiger partial charge < -0.3 is 0 Å². The molecule has 52 valence electrons. The third-order valence-electron chi connectivity index (χ3n) is 1.42. The molecule has 0 aromatic rings. The number of hydrogen-bond donors (Lipinski definition) is 0. The minimum absolute atomic E-state index is 0.783. The SMILES string of the molecule is CC[O][Ge]1([Cl])[CH2]C=C[CH2]1. The zero-order valence-corrected chi connectivity index (χ0v) is 8.42. The van der Waals surface area contributed by atoms with Crippen molar-refractivity contribution in [2.45, 2.75) is 17.4 Å². The van der Waals surface area contributed by atoms with Gasteiger partial charge in [-0.3, -0.25) is 0 Å². The zero-order valence-electron chi connectivity index (χ0n) is 5.56. The molecular formula is C6H11ClGeO. The average molecular weight is 207 g/mol. The number of hydrogen-bond acceptors (Lipinski definition) is 1. The van der Waals surface area contributed by atoms with Crippen LogP contribution >= 0.6 is 10.0 Å². The molecule has 0 amide bonds. The van der Waals surface area contributed by atoms with Gasteiger partial charge in [-0.05, 0) is 0 Å². The van der Waals surface area contributed by atoms with Gasteiger partial charge in [-0.15, -0.1) is 0 Å². The van der Waals surface area contributed by atoms with Crippen molar-refractivity contribution in [1.82, 2.24) is 0 Å². The average Bonchev–Trinajstić information content (AvgIpc) is 2.16. The number of halogens is 1. The van der Waals surface area contributed by atoms with Gasteiger partial charge in [0, 0.05) is 0 Å². The van der Waals surface area contributed by atoms with Gasteiger partial charge in [-0.25, -0.2) is 0 Å². The molecule has 0 aliphatic carbocycles. The summed E-state index contributed by atoms with van der Waals surface area (Å²) >= 11 is -2.19. The van der Waals surface area contributed by atoms with Gasteiger partial charge in [0.2, 0.25) is 0 Å². The van der Waals surface area contributed by atoms with Crippen LogP contribution in [0, 0.1) is 0 Å². The molecule has 9 heavy (non-hydrogen) atoms. The van der Waals surface area contributed by atoms with E-state index < -0.39 is 12.7 Å². The van der Waals surface area contributed by atoms with Gasteiger partial charge in [0.1, 0.15) is 0 Å². The molecule has 0 fully saturated rings. The van der Waals surface area contributed by atoms with Gasteiger partial charge in [0.05, 0.1) is 0 Å². The standard InChI is InChI=1S/C6H11ClGeO/c1-2-9-8(7)5-3-4-6-8/h3-4H,2,5-6H2,1H3. The van der Waals surface area contributed by atoms with E-state index in [2.05, 4.69) is 12.2 Å². The Morgan fingerprint density at radius 1 is 1.56 bits per heavy atom. The third-order valence-corrected chi connectivity index (χ3v) is 8.82. The second-order valence-corrected chi connectivity index (χ2v) is 11.8. The molecule has 3 heteroatoms. The Morgan fingerprint density at radius 3 is 2.56 bits per heavy atom. The second kappa shape index (κ2) is 3.08. The molecule has 0 aromatic heterocycles. The van der Waals surface area contributed by atoms with Crippen LogP contribution in [0.2, 0.25) is 10.5 Å². The molecule has 0 N–H and O–H groups in total. The van der Waals surface area contributed by atoms with Crippen molar-refractivity contribution in [1.29, 1.82) is 0 Å². The Labute approximate surface area is 62.9 Å². The van der Waals surface area contributed by atoms with Gasteiger partial charge in [-0.2, -0.15) is 0 Å².